The molecule has 2 rings (SSSR count). The molecule has 25 heavy (non-hydrogen) atoms. The zero-order valence-electron chi connectivity index (χ0n) is 14.7. The lowest BCUT2D eigenvalue weighted by Gasteiger charge is -2.29. The summed E-state index contributed by atoms with van der Waals surface area (Å²) in [6.07, 6.45) is 0. The summed E-state index contributed by atoms with van der Waals surface area (Å²) in [6, 6.07) is 18.3. The summed E-state index contributed by atoms with van der Waals surface area (Å²) >= 11 is 5.87. The molecule has 0 aliphatic carbocycles. The second kappa shape index (κ2) is 9.56. The fraction of sp³-hybridized carbons (Fsp3) is 0.350. The van der Waals surface area contributed by atoms with Crippen LogP contribution in [0.15, 0.2) is 60.7 Å². The Labute approximate surface area is 154 Å². The number of likely N-dealkylation sites (N-methyl/N-ethyl adjacent to an activating group) is 1. The van der Waals surface area contributed by atoms with Crippen molar-refractivity contribution in [1.82, 2.24) is 4.90 Å². The minimum Gasteiger partial charge on any atom is -0.462 e. The Balaban J connectivity index is 2.30. The van der Waals surface area contributed by atoms with Crippen LogP contribution in [0.5, 0.6) is 0 Å². The van der Waals surface area contributed by atoms with E-state index < -0.39 is 11.6 Å². The summed E-state index contributed by atoms with van der Waals surface area (Å²) in [4.78, 5) is 15.2. The first kappa shape index (κ1) is 19.4. The molecule has 0 atom stereocenters. The predicted octanol–water partition coefficient (Wildman–Crippen LogP) is 3.99. The third-order valence-corrected chi connectivity index (χ3v) is 4.53. The Hall–Kier alpha value is -1.88. The van der Waals surface area contributed by atoms with Crippen LogP contribution in [0.3, 0.4) is 0 Å². The van der Waals surface area contributed by atoms with E-state index in [1.165, 1.54) is 0 Å². The van der Waals surface area contributed by atoms with Gasteiger partial charge >= 0.3 is 5.97 Å². The molecule has 0 radical (unpaired) electrons. The van der Waals surface area contributed by atoms with Crippen LogP contribution in [-0.2, 0) is 19.4 Å². The molecular weight excluding hydrogens is 338 g/mol. The maximum absolute atomic E-state index is 13.0. The lowest BCUT2D eigenvalue weighted by molar-refractivity contribution is -0.159. The minimum atomic E-state index is -1.49. The highest BCUT2D eigenvalue weighted by atomic mass is 35.5. The van der Waals surface area contributed by atoms with Crippen LogP contribution in [0.4, 0.5) is 0 Å². The van der Waals surface area contributed by atoms with E-state index in [0.717, 1.165) is 13.1 Å². The molecule has 134 valence electrons. The van der Waals surface area contributed by atoms with E-state index in [-0.39, 0.29) is 6.61 Å². The normalized spacial score (nSPS) is 11.5. The highest BCUT2D eigenvalue weighted by Crippen LogP contribution is 2.36. The highest BCUT2D eigenvalue weighted by Gasteiger charge is 2.45. The topological polar surface area (TPSA) is 38.8 Å². The number of ether oxygens (including phenoxy) is 1. The summed E-state index contributed by atoms with van der Waals surface area (Å²) < 4.78 is 10.8. The number of esters is 1. The first-order valence-corrected chi connectivity index (χ1v) is 8.80. The second-order valence-corrected chi connectivity index (χ2v) is 5.81. The fourth-order valence-corrected chi connectivity index (χ4v) is 3.02. The van der Waals surface area contributed by atoms with Crippen molar-refractivity contribution in [3.8, 4) is 0 Å². The van der Waals surface area contributed by atoms with Gasteiger partial charge in [0, 0.05) is 17.7 Å². The molecular formula is C20H24ClNO3. The van der Waals surface area contributed by atoms with Crippen LogP contribution in [0.25, 0.3) is 0 Å². The SMILES string of the molecule is CCN(CC)CCOC(=O)C(OCl)(c1ccccc1)c1ccccc1. The van der Waals surface area contributed by atoms with E-state index in [9.17, 15) is 4.79 Å². The number of carbonyl (C=O) groups excluding carboxylic acids is 1. The van der Waals surface area contributed by atoms with E-state index in [1.54, 1.807) is 24.3 Å². The minimum absolute atomic E-state index is 0.280. The second-order valence-electron chi connectivity index (χ2n) is 5.65. The molecule has 0 saturated heterocycles. The molecule has 2 aromatic carbocycles. The van der Waals surface area contributed by atoms with Crippen molar-refractivity contribution in [2.75, 3.05) is 26.2 Å². The van der Waals surface area contributed by atoms with Gasteiger partial charge in [-0.3, -0.25) is 4.29 Å². The Morgan fingerprint density at radius 1 is 0.960 bits per heavy atom. The van der Waals surface area contributed by atoms with Crippen molar-refractivity contribution in [3.63, 3.8) is 0 Å². The van der Waals surface area contributed by atoms with Crippen LogP contribution >= 0.6 is 11.9 Å². The van der Waals surface area contributed by atoms with E-state index in [1.807, 2.05) is 36.4 Å². The summed E-state index contributed by atoms with van der Waals surface area (Å²) in [5.74, 6) is -0.521. The molecule has 0 saturated carbocycles. The quantitative estimate of drug-likeness (QED) is 0.633. The molecule has 0 amide bonds. The Kier molecular flexibility index (Phi) is 7.44. The number of carbonyl (C=O) groups is 1. The largest absolute Gasteiger partial charge is 0.462 e. The molecule has 0 spiro atoms. The molecule has 0 fully saturated rings. The van der Waals surface area contributed by atoms with Gasteiger partial charge in [0.1, 0.15) is 6.61 Å². The molecule has 5 heteroatoms. The first-order chi connectivity index (χ1) is 12.2. The molecule has 0 heterocycles. The molecule has 0 aliphatic rings. The van der Waals surface area contributed by atoms with Gasteiger partial charge in [-0.25, -0.2) is 4.79 Å². The molecule has 0 N–H and O–H groups in total. The molecule has 0 aliphatic heterocycles. The molecule has 2 aromatic rings. The predicted molar refractivity (Wildman–Crippen MR) is 99.3 cm³/mol. The van der Waals surface area contributed by atoms with Crippen LogP contribution in [0.2, 0.25) is 0 Å². The van der Waals surface area contributed by atoms with E-state index >= 15 is 0 Å². The Morgan fingerprint density at radius 2 is 1.44 bits per heavy atom. The van der Waals surface area contributed by atoms with Crippen molar-refractivity contribution < 1.29 is 13.8 Å². The molecule has 0 bridgehead atoms. The number of benzene rings is 2. The number of hydrogen-bond donors (Lipinski definition) is 0. The zero-order chi connectivity index (χ0) is 18.1. The van der Waals surface area contributed by atoms with Gasteiger partial charge in [-0.15, -0.1) is 0 Å². The van der Waals surface area contributed by atoms with Crippen LogP contribution in [0, 0.1) is 0 Å². The van der Waals surface area contributed by atoms with E-state index in [0.29, 0.717) is 17.7 Å². The summed E-state index contributed by atoms with van der Waals surface area (Å²) in [7, 11) is 0. The third-order valence-electron chi connectivity index (χ3n) is 4.30. The number of nitrogens with zero attached hydrogens (tertiary/aromatic N) is 1. The molecule has 4 nitrogen and oxygen atoms in total. The van der Waals surface area contributed by atoms with Crippen molar-refractivity contribution in [3.05, 3.63) is 71.8 Å². The Bertz CT molecular complexity index is 605. The average Bonchev–Trinajstić information content (AvgIpc) is 2.68. The Morgan fingerprint density at radius 3 is 1.84 bits per heavy atom. The van der Waals surface area contributed by atoms with Crippen molar-refractivity contribution in [2.45, 2.75) is 19.4 Å². The van der Waals surface area contributed by atoms with Gasteiger partial charge in [0.05, 0.1) is 11.9 Å². The smallest absolute Gasteiger partial charge is 0.349 e. The van der Waals surface area contributed by atoms with Gasteiger partial charge in [0.25, 0.3) is 0 Å². The third kappa shape index (κ3) is 4.40. The molecule has 0 unspecified atom stereocenters. The van der Waals surface area contributed by atoms with Crippen LogP contribution < -0.4 is 0 Å². The molecule has 0 aromatic heterocycles. The zero-order valence-corrected chi connectivity index (χ0v) is 15.4. The van der Waals surface area contributed by atoms with Crippen molar-refractivity contribution in [1.29, 1.82) is 0 Å². The lowest BCUT2D eigenvalue weighted by atomic mass is 9.86. The van der Waals surface area contributed by atoms with Gasteiger partial charge in [0.2, 0.25) is 5.60 Å². The van der Waals surface area contributed by atoms with Gasteiger partial charge in [-0.1, -0.05) is 74.5 Å². The summed E-state index contributed by atoms with van der Waals surface area (Å²) in [5, 5.41) is 0. The van der Waals surface area contributed by atoms with Gasteiger partial charge in [-0.2, -0.15) is 0 Å². The summed E-state index contributed by atoms with van der Waals surface area (Å²) in [5.41, 5.74) is -0.235. The maximum Gasteiger partial charge on any atom is 0.349 e. The van der Waals surface area contributed by atoms with E-state index in [2.05, 4.69) is 18.7 Å². The van der Waals surface area contributed by atoms with Crippen molar-refractivity contribution >= 4 is 17.8 Å². The maximum atomic E-state index is 13.0. The van der Waals surface area contributed by atoms with Gasteiger partial charge in [-0.05, 0) is 13.1 Å². The summed E-state index contributed by atoms with van der Waals surface area (Å²) in [6.45, 7) is 6.91. The standard InChI is InChI=1S/C20H24ClNO3/c1-3-22(4-2)15-16-24-19(23)20(25-21,17-11-7-5-8-12-17)18-13-9-6-10-14-18/h5-14H,3-4,15-16H2,1-2H3. The monoisotopic (exact) mass is 361 g/mol. The lowest BCUT2D eigenvalue weighted by Crippen LogP contribution is -2.40. The van der Waals surface area contributed by atoms with E-state index in [4.69, 9.17) is 20.9 Å². The van der Waals surface area contributed by atoms with Crippen LogP contribution in [0.1, 0.15) is 25.0 Å². The highest BCUT2D eigenvalue weighted by molar-refractivity contribution is 6.09. The van der Waals surface area contributed by atoms with Crippen LogP contribution in [-0.4, -0.2) is 37.1 Å². The van der Waals surface area contributed by atoms with Gasteiger partial charge in [0.15, 0.2) is 0 Å². The number of rotatable bonds is 9. The first-order valence-electron chi connectivity index (χ1n) is 8.49. The average molecular weight is 362 g/mol. The number of halogens is 1. The number of hydrogen-bond acceptors (Lipinski definition) is 4. The van der Waals surface area contributed by atoms with Gasteiger partial charge < -0.3 is 9.64 Å². The van der Waals surface area contributed by atoms with Crippen molar-refractivity contribution in [2.24, 2.45) is 0 Å². The fourth-order valence-electron chi connectivity index (χ4n) is 2.78.